The van der Waals surface area contributed by atoms with Gasteiger partial charge in [-0.25, -0.2) is 0 Å². The minimum Gasteiger partial charge on any atom is -0.495 e. The van der Waals surface area contributed by atoms with Gasteiger partial charge in [0.25, 0.3) is 0 Å². The number of benzene rings is 2. The zero-order valence-corrected chi connectivity index (χ0v) is 13.9. The number of ether oxygens (including phenoxy) is 1. The lowest BCUT2D eigenvalue weighted by atomic mass is 10.0. The predicted molar refractivity (Wildman–Crippen MR) is 86.9 cm³/mol. The molecule has 0 spiro atoms. The van der Waals surface area contributed by atoms with Gasteiger partial charge in [0.15, 0.2) is 0 Å². The molecular formula is C15H12Cl4O. The molecule has 0 aliphatic rings. The monoisotopic (exact) mass is 348 g/mol. The molecule has 0 aliphatic heterocycles. The molecule has 1 unspecified atom stereocenters. The second kappa shape index (κ2) is 6.44. The van der Waals surface area contributed by atoms with Crippen molar-refractivity contribution in [3.8, 4) is 5.75 Å². The van der Waals surface area contributed by atoms with Crippen LogP contribution in [0.2, 0.25) is 15.1 Å². The third kappa shape index (κ3) is 3.17. The summed E-state index contributed by atoms with van der Waals surface area (Å²) in [5.74, 6) is 0.520. The van der Waals surface area contributed by atoms with Crippen LogP contribution in [0.4, 0.5) is 0 Å². The van der Waals surface area contributed by atoms with Gasteiger partial charge in [0.2, 0.25) is 0 Å². The van der Waals surface area contributed by atoms with E-state index in [2.05, 4.69) is 0 Å². The van der Waals surface area contributed by atoms with Crippen molar-refractivity contribution in [2.45, 2.75) is 12.3 Å². The van der Waals surface area contributed by atoms with Gasteiger partial charge in [0, 0.05) is 16.1 Å². The first kappa shape index (κ1) is 15.8. The van der Waals surface area contributed by atoms with Crippen molar-refractivity contribution in [1.29, 1.82) is 0 Å². The van der Waals surface area contributed by atoms with Gasteiger partial charge in [0.05, 0.1) is 17.5 Å². The zero-order chi connectivity index (χ0) is 14.9. The van der Waals surface area contributed by atoms with E-state index in [9.17, 15) is 0 Å². The van der Waals surface area contributed by atoms with E-state index in [0.717, 1.165) is 16.7 Å². The Kier molecular flexibility index (Phi) is 5.09. The van der Waals surface area contributed by atoms with Gasteiger partial charge < -0.3 is 4.74 Å². The molecule has 0 amide bonds. The number of aryl methyl sites for hydroxylation is 1. The third-order valence-electron chi connectivity index (χ3n) is 3.03. The SMILES string of the molecule is COc1cc(Cl)c(C(Cl)c2ccc(C)c(Cl)c2)cc1Cl. The van der Waals surface area contributed by atoms with Crippen LogP contribution in [0.15, 0.2) is 30.3 Å². The molecule has 0 aliphatic carbocycles. The van der Waals surface area contributed by atoms with Crippen LogP contribution < -0.4 is 4.74 Å². The largest absolute Gasteiger partial charge is 0.495 e. The Morgan fingerprint density at radius 2 is 1.65 bits per heavy atom. The number of rotatable bonds is 3. The molecule has 20 heavy (non-hydrogen) atoms. The van der Waals surface area contributed by atoms with Crippen molar-refractivity contribution < 1.29 is 4.74 Å². The summed E-state index contributed by atoms with van der Waals surface area (Å²) < 4.78 is 5.12. The molecule has 0 saturated carbocycles. The zero-order valence-electron chi connectivity index (χ0n) is 10.9. The molecule has 5 heteroatoms. The fourth-order valence-corrected chi connectivity index (χ4v) is 2.91. The quantitative estimate of drug-likeness (QED) is 0.591. The molecule has 2 rings (SSSR count). The molecular weight excluding hydrogens is 338 g/mol. The number of halogens is 4. The highest BCUT2D eigenvalue weighted by molar-refractivity contribution is 6.36. The van der Waals surface area contributed by atoms with Crippen molar-refractivity contribution in [1.82, 2.24) is 0 Å². The van der Waals surface area contributed by atoms with Crippen molar-refractivity contribution >= 4 is 46.4 Å². The molecule has 2 aromatic carbocycles. The highest BCUT2D eigenvalue weighted by Gasteiger charge is 2.17. The normalized spacial score (nSPS) is 12.3. The van der Waals surface area contributed by atoms with Crippen LogP contribution in [0.1, 0.15) is 22.1 Å². The number of methoxy groups -OCH3 is 1. The van der Waals surface area contributed by atoms with Crippen LogP contribution in [0.3, 0.4) is 0 Å². The fraction of sp³-hybridized carbons (Fsp3) is 0.200. The standard InChI is InChI=1S/C15H12Cl4O/c1-8-3-4-9(5-11(8)16)15(19)10-6-13(18)14(20-2)7-12(10)17/h3-7,15H,1-2H3. The van der Waals surface area contributed by atoms with E-state index in [1.165, 1.54) is 7.11 Å². The van der Waals surface area contributed by atoms with Crippen LogP contribution >= 0.6 is 46.4 Å². The van der Waals surface area contributed by atoms with Gasteiger partial charge in [-0.2, -0.15) is 0 Å². The van der Waals surface area contributed by atoms with E-state index in [1.54, 1.807) is 12.1 Å². The first-order valence-electron chi connectivity index (χ1n) is 5.87. The van der Waals surface area contributed by atoms with Gasteiger partial charge in [-0.1, -0.05) is 46.9 Å². The molecule has 0 radical (unpaired) electrons. The second-order valence-corrected chi connectivity index (χ2v) is 6.04. The number of alkyl halides is 1. The van der Waals surface area contributed by atoms with E-state index < -0.39 is 5.38 Å². The smallest absolute Gasteiger partial charge is 0.138 e. The van der Waals surface area contributed by atoms with Crippen molar-refractivity contribution in [2.24, 2.45) is 0 Å². The molecule has 1 atom stereocenters. The summed E-state index contributed by atoms with van der Waals surface area (Å²) in [7, 11) is 1.54. The van der Waals surface area contributed by atoms with Crippen LogP contribution in [-0.4, -0.2) is 7.11 Å². The molecule has 1 nitrogen and oxygen atoms in total. The van der Waals surface area contributed by atoms with E-state index in [-0.39, 0.29) is 0 Å². The molecule has 0 bridgehead atoms. The lowest BCUT2D eigenvalue weighted by molar-refractivity contribution is 0.415. The van der Waals surface area contributed by atoms with Crippen LogP contribution in [0.25, 0.3) is 0 Å². The van der Waals surface area contributed by atoms with Crippen molar-refractivity contribution in [3.05, 3.63) is 62.1 Å². The average Bonchev–Trinajstić information content (AvgIpc) is 2.43. The highest BCUT2D eigenvalue weighted by atomic mass is 35.5. The summed E-state index contributed by atoms with van der Waals surface area (Å²) >= 11 is 25.0. The Morgan fingerprint density at radius 3 is 2.25 bits per heavy atom. The first-order valence-corrected chi connectivity index (χ1v) is 7.44. The Labute approximate surface area is 138 Å². The van der Waals surface area contributed by atoms with Gasteiger partial charge >= 0.3 is 0 Å². The van der Waals surface area contributed by atoms with Gasteiger partial charge in [0.1, 0.15) is 5.75 Å². The lowest BCUT2D eigenvalue weighted by Crippen LogP contribution is -1.96. The minimum absolute atomic E-state index is 0.427. The topological polar surface area (TPSA) is 9.23 Å². The Bertz CT molecular complexity index is 640. The molecule has 2 aromatic rings. The highest BCUT2D eigenvalue weighted by Crippen LogP contribution is 2.39. The maximum absolute atomic E-state index is 6.49. The maximum atomic E-state index is 6.49. The lowest BCUT2D eigenvalue weighted by Gasteiger charge is -2.15. The first-order chi connectivity index (χ1) is 9.43. The van der Waals surface area contributed by atoms with E-state index in [1.807, 2.05) is 25.1 Å². The summed E-state index contributed by atoms with van der Waals surface area (Å²) in [6.45, 7) is 1.94. The molecule has 0 fully saturated rings. The number of hydrogen-bond donors (Lipinski definition) is 0. The molecule has 0 N–H and O–H groups in total. The Balaban J connectivity index is 2.45. The summed E-state index contributed by atoms with van der Waals surface area (Å²) in [5, 5.41) is 1.21. The maximum Gasteiger partial charge on any atom is 0.138 e. The van der Waals surface area contributed by atoms with E-state index in [4.69, 9.17) is 51.1 Å². The third-order valence-corrected chi connectivity index (χ3v) is 4.55. The van der Waals surface area contributed by atoms with Gasteiger partial charge in [-0.15, -0.1) is 11.6 Å². The molecule has 106 valence electrons. The van der Waals surface area contributed by atoms with Crippen LogP contribution in [0.5, 0.6) is 5.75 Å². The molecule has 0 saturated heterocycles. The average molecular weight is 350 g/mol. The summed E-state index contributed by atoms with van der Waals surface area (Å²) in [5.41, 5.74) is 2.59. The van der Waals surface area contributed by atoms with Gasteiger partial charge in [-0.3, -0.25) is 0 Å². The van der Waals surface area contributed by atoms with Crippen LogP contribution in [0, 0.1) is 6.92 Å². The minimum atomic E-state index is -0.427. The summed E-state index contributed by atoms with van der Waals surface area (Å²) in [4.78, 5) is 0. The van der Waals surface area contributed by atoms with Crippen molar-refractivity contribution in [3.63, 3.8) is 0 Å². The molecule has 0 heterocycles. The van der Waals surface area contributed by atoms with Crippen LogP contribution in [-0.2, 0) is 0 Å². The van der Waals surface area contributed by atoms with Crippen molar-refractivity contribution in [2.75, 3.05) is 7.11 Å². The Morgan fingerprint density at radius 1 is 0.950 bits per heavy atom. The Hall–Kier alpha value is -0.600. The fourth-order valence-electron chi connectivity index (χ4n) is 1.84. The van der Waals surface area contributed by atoms with E-state index in [0.29, 0.717) is 20.8 Å². The van der Waals surface area contributed by atoms with Gasteiger partial charge in [-0.05, 0) is 35.7 Å². The van der Waals surface area contributed by atoms with E-state index >= 15 is 0 Å². The second-order valence-electron chi connectivity index (χ2n) is 4.38. The predicted octanol–water partition coefficient (Wildman–Crippen LogP) is 6.29. The summed E-state index contributed by atoms with van der Waals surface area (Å²) in [6, 6.07) is 9.06. The summed E-state index contributed by atoms with van der Waals surface area (Å²) in [6.07, 6.45) is 0. The number of hydrogen-bond acceptors (Lipinski definition) is 1. The molecule has 0 aromatic heterocycles.